The van der Waals surface area contributed by atoms with E-state index in [4.69, 9.17) is 11.6 Å². The third kappa shape index (κ3) is 3.45. The van der Waals surface area contributed by atoms with E-state index in [-0.39, 0.29) is 0 Å². The van der Waals surface area contributed by atoms with Gasteiger partial charge in [0.15, 0.2) is 0 Å². The Labute approximate surface area is 96.7 Å². The fraction of sp³-hybridized carbons (Fsp3) is 0.400. The molecule has 1 aromatic rings. The second-order valence-corrected chi connectivity index (χ2v) is 5.46. The van der Waals surface area contributed by atoms with Crippen LogP contribution in [0.5, 0.6) is 0 Å². The molecule has 0 aliphatic rings. The maximum Gasteiger partial charge on any atom is 0.0934 e. The van der Waals surface area contributed by atoms with E-state index in [0.29, 0.717) is 5.92 Å². The normalized spacial score (nSPS) is 12.5. The summed E-state index contributed by atoms with van der Waals surface area (Å²) in [6.07, 6.45) is 2.20. The highest BCUT2D eigenvalue weighted by molar-refractivity contribution is 9.09. The third-order valence-corrected chi connectivity index (χ3v) is 3.64. The number of rotatable bonds is 3. The highest BCUT2D eigenvalue weighted by Gasteiger charge is 2.02. The van der Waals surface area contributed by atoms with Crippen molar-refractivity contribution in [2.24, 2.45) is 5.92 Å². The van der Waals surface area contributed by atoms with E-state index < -0.39 is 0 Å². The van der Waals surface area contributed by atoms with Crippen LogP contribution < -0.4 is 0 Å². The van der Waals surface area contributed by atoms with Crippen LogP contribution in [0, 0.1) is 5.92 Å². The molecule has 0 atom stereocenters. The van der Waals surface area contributed by atoms with Gasteiger partial charge in [-0.15, -0.1) is 11.3 Å². The van der Waals surface area contributed by atoms with Crippen molar-refractivity contribution in [3.8, 4) is 0 Å². The lowest BCUT2D eigenvalue weighted by atomic mass is 10.1. The molecule has 1 aromatic heterocycles. The van der Waals surface area contributed by atoms with Gasteiger partial charge in [-0.1, -0.05) is 47.0 Å². The average molecular weight is 280 g/mol. The Bertz CT molecular complexity index is 302. The van der Waals surface area contributed by atoms with Gasteiger partial charge < -0.3 is 0 Å². The fourth-order valence-corrected chi connectivity index (χ4v) is 2.80. The first-order valence-corrected chi connectivity index (χ1v) is 6.47. The molecule has 0 fully saturated rings. The Balaban J connectivity index is 2.84. The highest BCUT2D eigenvalue weighted by atomic mass is 79.9. The van der Waals surface area contributed by atoms with Crippen molar-refractivity contribution in [3.63, 3.8) is 0 Å². The molecule has 0 amide bonds. The zero-order chi connectivity index (χ0) is 9.84. The van der Waals surface area contributed by atoms with Gasteiger partial charge >= 0.3 is 0 Å². The summed E-state index contributed by atoms with van der Waals surface area (Å²) >= 11 is 10.9. The van der Waals surface area contributed by atoms with E-state index in [1.54, 1.807) is 11.3 Å². The maximum atomic E-state index is 5.84. The summed E-state index contributed by atoms with van der Waals surface area (Å²) in [6, 6.07) is 3.99. The Morgan fingerprint density at radius 1 is 1.62 bits per heavy atom. The van der Waals surface area contributed by atoms with E-state index in [2.05, 4.69) is 41.9 Å². The lowest BCUT2D eigenvalue weighted by Gasteiger charge is -2.06. The average Bonchev–Trinajstić information content (AvgIpc) is 2.46. The molecule has 1 heterocycles. The Kier molecular flexibility index (Phi) is 4.50. The molecule has 0 unspecified atom stereocenters. The van der Waals surface area contributed by atoms with Gasteiger partial charge in [0.25, 0.3) is 0 Å². The van der Waals surface area contributed by atoms with E-state index in [1.807, 2.05) is 6.07 Å². The lowest BCUT2D eigenvalue weighted by Crippen LogP contribution is -1.93. The SMILES string of the molecule is CC(C)C(=Cc1ccc(Cl)s1)CBr. The number of halogens is 2. The van der Waals surface area contributed by atoms with Gasteiger partial charge in [-0.25, -0.2) is 0 Å². The molecule has 1 rings (SSSR count). The second-order valence-electron chi connectivity index (χ2n) is 3.15. The highest BCUT2D eigenvalue weighted by Crippen LogP contribution is 2.25. The van der Waals surface area contributed by atoms with Crippen LogP contribution in [-0.4, -0.2) is 5.33 Å². The predicted octanol–water partition coefficient (Wildman–Crippen LogP) is 4.84. The molecule has 0 aromatic carbocycles. The smallest absolute Gasteiger partial charge is 0.0934 e. The van der Waals surface area contributed by atoms with E-state index in [9.17, 15) is 0 Å². The number of thiophene rings is 1. The second kappa shape index (κ2) is 5.18. The van der Waals surface area contributed by atoms with Gasteiger partial charge in [-0.2, -0.15) is 0 Å². The van der Waals surface area contributed by atoms with Gasteiger partial charge in [-0.3, -0.25) is 0 Å². The monoisotopic (exact) mass is 278 g/mol. The van der Waals surface area contributed by atoms with Crippen LogP contribution in [0.2, 0.25) is 4.34 Å². The van der Waals surface area contributed by atoms with Gasteiger partial charge in [0.2, 0.25) is 0 Å². The standard InChI is InChI=1S/C10H12BrClS/c1-7(2)8(6-11)5-9-3-4-10(12)13-9/h3-5,7H,6H2,1-2H3. The Morgan fingerprint density at radius 3 is 2.69 bits per heavy atom. The summed E-state index contributed by atoms with van der Waals surface area (Å²) in [4.78, 5) is 1.23. The number of hydrogen-bond donors (Lipinski definition) is 0. The summed E-state index contributed by atoms with van der Waals surface area (Å²) in [6.45, 7) is 4.39. The first-order valence-electron chi connectivity index (χ1n) is 4.15. The quantitative estimate of drug-likeness (QED) is 0.695. The van der Waals surface area contributed by atoms with Crippen LogP contribution in [-0.2, 0) is 0 Å². The molecule has 0 aliphatic carbocycles. The van der Waals surface area contributed by atoms with Crippen LogP contribution in [0.3, 0.4) is 0 Å². The predicted molar refractivity (Wildman–Crippen MR) is 65.9 cm³/mol. The van der Waals surface area contributed by atoms with Gasteiger partial charge in [-0.05, 0) is 24.1 Å². The van der Waals surface area contributed by atoms with Crippen molar-refractivity contribution in [1.82, 2.24) is 0 Å². The van der Waals surface area contributed by atoms with Crippen molar-refractivity contribution in [1.29, 1.82) is 0 Å². The summed E-state index contributed by atoms with van der Waals surface area (Å²) in [5, 5.41) is 0.931. The molecule has 0 spiro atoms. The van der Waals surface area contributed by atoms with Crippen molar-refractivity contribution >= 4 is 44.9 Å². The first kappa shape index (κ1) is 11.3. The molecule has 0 saturated heterocycles. The van der Waals surface area contributed by atoms with E-state index in [0.717, 1.165) is 9.67 Å². The van der Waals surface area contributed by atoms with Gasteiger partial charge in [0.05, 0.1) is 4.34 Å². The number of hydrogen-bond acceptors (Lipinski definition) is 1. The molecule has 0 aliphatic heterocycles. The van der Waals surface area contributed by atoms with Crippen LogP contribution in [0.15, 0.2) is 17.7 Å². The molecule has 0 bridgehead atoms. The van der Waals surface area contributed by atoms with E-state index in [1.165, 1.54) is 10.5 Å². The molecule has 0 N–H and O–H groups in total. The number of allylic oxidation sites excluding steroid dienone is 1. The largest absolute Gasteiger partial charge is 0.124 e. The van der Waals surface area contributed by atoms with E-state index >= 15 is 0 Å². The molecular formula is C10H12BrClS. The topological polar surface area (TPSA) is 0 Å². The van der Waals surface area contributed by atoms with Crippen LogP contribution >= 0.6 is 38.9 Å². The minimum atomic E-state index is 0.584. The molecule has 0 radical (unpaired) electrons. The minimum Gasteiger partial charge on any atom is -0.124 e. The first-order chi connectivity index (χ1) is 6.13. The molecule has 3 heteroatoms. The van der Waals surface area contributed by atoms with Crippen molar-refractivity contribution < 1.29 is 0 Å². The van der Waals surface area contributed by atoms with Gasteiger partial charge in [0.1, 0.15) is 0 Å². The van der Waals surface area contributed by atoms with Crippen molar-refractivity contribution in [2.45, 2.75) is 13.8 Å². The maximum absolute atomic E-state index is 5.84. The molecule has 0 nitrogen and oxygen atoms in total. The van der Waals surface area contributed by atoms with Crippen LogP contribution in [0.1, 0.15) is 18.7 Å². The molecule has 0 saturated carbocycles. The van der Waals surface area contributed by atoms with Gasteiger partial charge in [0, 0.05) is 10.2 Å². The minimum absolute atomic E-state index is 0.584. The third-order valence-electron chi connectivity index (χ3n) is 1.82. The van der Waals surface area contributed by atoms with Crippen molar-refractivity contribution in [2.75, 3.05) is 5.33 Å². The summed E-state index contributed by atoms with van der Waals surface area (Å²) < 4.78 is 0.851. The summed E-state index contributed by atoms with van der Waals surface area (Å²) in [7, 11) is 0. The zero-order valence-electron chi connectivity index (χ0n) is 7.68. The van der Waals surface area contributed by atoms with Crippen LogP contribution in [0.4, 0.5) is 0 Å². The summed E-state index contributed by atoms with van der Waals surface area (Å²) in [5.74, 6) is 0.584. The lowest BCUT2D eigenvalue weighted by molar-refractivity contribution is 0.781. The van der Waals surface area contributed by atoms with Crippen LogP contribution in [0.25, 0.3) is 6.08 Å². The Morgan fingerprint density at radius 2 is 2.31 bits per heavy atom. The molecule has 13 heavy (non-hydrogen) atoms. The Hall–Kier alpha value is 0.210. The number of alkyl halides is 1. The summed E-state index contributed by atoms with van der Waals surface area (Å²) in [5.41, 5.74) is 1.40. The van der Waals surface area contributed by atoms with Crippen molar-refractivity contribution in [3.05, 3.63) is 26.9 Å². The molecule has 72 valence electrons. The fourth-order valence-electron chi connectivity index (χ4n) is 0.948. The molecular weight excluding hydrogens is 268 g/mol. The zero-order valence-corrected chi connectivity index (χ0v) is 10.8.